The lowest BCUT2D eigenvalue weighted by molar-refractivity contribution is 0.554. The summed E-state index contributed by atoms with van der Waals surface area (Å²) in [5.74, 6) is 0. The van der Waals surface area contributed by atoms with E-state index < -0.39 is 0 Å². The second-order valence-electron chi connectivity index (χ2n) is 3.23. The van der Waals surface area contributed by atoms with E-state index >= 15 is 0 Å². The zero-order chi connectivity index (χ0) is 8.48. The van der Waals surface area contributed by atoms with Gasteiger partial charge < -0.3 is 5.73 Å². The first-order chi connectivity index (χ1) is 5.00. The molecule has 1 aromatic carbocycles. The molecule has 3 heteroatoms. The van der Waals surface area contributed by atoms with Crippen molar-refractivity contribution in [1.29, 1.82) is 0 Å². The van der Waals surface area contributed by atoms with Crippen molar-refractivity contribution in [2.75, 3.05) is 0 Å². The summed E-state index contributed by atoms with van der Waals surface area (Å²) in [5.41, 5.74) is 6.69. The van der Waals surface area contributed by atoms with Gasteiger partial charge in [-0.15, -0.1) is 12.4 Å². The fourth-order valence-corrected chi connectivity index (χ4v) is 1.01. The molecule has 0 heterocycles. The van der Waals surface area contributed by atoms with Crippen LogP contribution in [-0.4, -0.2) is 0 Å². The van der Waals surface area contributed by atoms with Crippen LogP contribution in [0.15, 0.2) is 24.3 Å². The van der Waals surface area contributed by atoms with Crippen molar-refractivity contribution >= 4 is 24.0 Å². The van der Waals surface area contributed by atoms with Gasteiger partial charge in [0, 0.05) is 10.6 Å². The molecular weight excluding hydrogens is 193 g/mol. The van der Waals surface area contributed by atoms with Crippen LogP contribution in [0, 0.1) is 0 Å². The van der Waals surface area contributed by atoms with E-state index in [2.05, 4.69) is 0 Å². The van der Waals surface area contributed by atoms with Gasteiger partial charge in [0.2, 0.25) is 0 Å². The average Bonchev–Trinajstić information content (AvgIpc) is 1.86. The van der Waals surface area contributed by atoms with E-state index in [1.165, 1.54) is 0 Å². The number of halogens is 2. The lowest BCUT2D eigenvalue weighted by Crippen LogP contribution is -2.28. The van der Waals surface area contributed by atoms with Crippen molar-refractivity contribution in [1.82, 2.24) is 0 Å². The molecule has 1 nitrogen and oxygen atoms in total. The number of hydrogen-bond acceptors (Lipinski definition) is 1. The molecule has 0 atom stereocenters. The normalized spacial score (nSPS) is 10.7. The highest BCUT2D eigenvalue weighted by Gasteiger charge is 2.12. The maximum Gasteiger partial charge on any atom is 0.0406 e. The zero-order valence-corrected chi connectivity index (χ0v) is 8.75. The van der Waals surface area contributed by atoms with E-state index in [9.17, 15) is 0 Å². The van der Waals surface area contributed by atoms with Crippen LogP contribution < -0.4 is 5.73 Å². The lowest BCUT2D eigenvalue weighted by Gasteiger charge is -2.18. The molecule has 0 saturated carbocycles. The first kappa shape index (κ1) is 11.8. The molecule has 0 amide bonds. The molecular formula is C9H13Cl2N. The Balaban J connectivity index is 0.00000121. The molecule has 0 aliphatic rings. The van der Waals surface area contributed by atoms with Gasteiger partial charge in [-0.05, 0) is 31.5 Å². The van der Waals surface area contributed by atoms with E-state index in [1.807, 2.05) is 38.1 Å². The molecule has 0 saturated heterocycles. The molecule has 0 spiro atoms. The third-order valence-corrected chi connectivity index (χ3v) is 1.84. The molecule has 0 unspecified atom stereocenters. The van der Waals surface area contributed by atoms with Crippen LogP contribution in [0.5, 0.6) is 0 Å². The smallest absolute Gasteiger partial charge is 0.0406 e. The van der Waals surface area contributed by atoms with E-state index in [1.54, 1.807) is 0 Å². The largest absolute Gasteiger partial charge is 0.322 e. The Morgan fingerprint density at radius 1 is 1.17 bits per heavy atom. The molecule has 0 aliphatic carbocycles. The van der Waals surface area contributed by atoms with Gasteiger partial charge in [0.1, 0.15) is 0 Å². The van der Waals surface area contributed by atoms with Crippen molar-refractivity contribution in [2.45, 2.75) is 19.4 Å². The Kier molecular flexibility index (Phi) is 4.04. The third kappa shape index (κ3) is 3.02. The zero-order valence-electron chi connectivity index (χ0n) is 7.17. The van der Waals surface area contributed by atoms with Crippen molar-refractivity contribution in [2.24, 2.45) is 5.73 Å². The molecule has 1 aromatic rings. The van der Waals surface area contributed by atoms with E-state index in [0.717, 1.165) is 10.6 Å². The van der Waals surface area contributed by atoms with Crippen LogP contribution in [-0.2, 0) is 5.54 Å². The van der Waals surface area contributed by atoms with Crippen molar-refractivity contribution < 1.29 is 0 Å². The molecule has 1 rings (SSSR count). The number of nitrogens with two attached hydrogens (primary N) is 1. The van der Waals surface area contributed by atoms with Gasteiger partial charge in [-0.3, -0.25) is 0 Å². The number of benzene rings is 1. The predicted molar refractivity (Wildman–Crippen MR) is 55.9 cm³/mol. The average molecular weight is 206 g/mol. The fourth-order valence-electron chi connectivity index (χ4n) is 0.879. The quantitative estimate of drug-likeness (QED) is 0.750. The van der Waals surface area contributed by atoms with Gasteiger partial charge in [0.05, 0.1) is 0 Å². The highest BCUT2D eigenvalue weighted by atomic mass is 35.5. The van der Waals surface area contributed by atoms with Crippen molar-refractivity contribution in [3.05, 3.63) is 34.9 Å². The van der Waals surface area contributed by atoms with Crippen LogP contribution in [0.4, 0.5) is 0 Å². The second-order valence-corrected chi connectivity index (χ2v) is 3.67. The van der Waals surface area contributed by atoms with Crippen LogP contribution in [0.3, 0.4) is 0 Å². The molecule has 2 N–H and O–H groups in total. The van der Waals surface area contributed by atoms with E-state index in [4.69, 9.17) is 17.3 Å². The first-order valence-electron chi connectivity index (χ1n) is 3.55. The summed E-state index contributed by atoms with van der Waals surface area (Å²) in [6, 6.07) is 7.60. The Bertz CT molecular complexity index is 236. The molecule has 12 heavy (non-hydrogen) atoms. The number of rotatable bonds is 1. The summed E-state index contributed by atoms with van der Waals surface area (Å²) in [6.07, 6.45) is 0. The molecule has 0 bridgehead atoms. The summed E-state index contributed by atoms with van der Waals surface area (Å²) in [6.45, 7) is 3.94. The van der Waals surface area contributed by atoms with Gasteiger partial charge in [-0.1, -0.05) is 23.7 Å². The molecule has 0 aromatic heterocycles. The van der Waals surface area contributed by atoms with Gasteiger partial charge >= 0.3 is 0 Å². The Labute approximate surface area is 84.3 Å². The van der Waals surface area contributed by atoms with E-state index in [-0.39, 0.29) is 17.9 Å². The summed E-state index contributed by atoms with van der Waals surface area (Å²) < 4.78 is 0. The van der Waals surface area contributed by atoms with Gasteiger partial charge in [0.15, 0.2) is 0 Å². The Morgan fingerprint density at radius 3 is 1.92 bits per heavy atom. The highest BCUT2D eigenvalue weighted by Crippen LogP contribution is 2.18. The molecule has 0 radical (unpaired) electrons. The van der Waals surface area contributed by atoms with Crippen LogP contribution in [0.25, 0.3) is 0 Å². The molecule has 68 valence electrons. The summed E-state index contributed by atoms with van der Waals surface area (Å²) in [4.78, 5) is 0. The van der Waals surface area contributed by atoms with Gasteiger partial charge in [0.25, 0.3) is 0 Å². The minimum Gasteiger partial charge on any atom is -0.322 e. The highest BCUT2D eigenvalue weighted by molar-refractivity contribution is 6.30. The number of hydrogen-bond donors (Lipinski definition) is 1. The standard InChI is InChI=1S/C9H12ClN.ClH/c1-9(2,11)7-3-5-8(10)6-4-7;/h3-6H,11H2,1-2H3;1H. The van der Waals surface area contributed by atoms with Gasteiger partial charge in [-0.2, -0.15) is 0 Å². The third-order valence-electron chi connectivity index (χ3n) is 1.59. The summed E-state index contributed by atoms with van der Waals surface area (Å²) in [7, 11) is 0. The van der Waals surface area contributed by atoms with E-state index in [0.29, 0.717) is 0 Å². The Morgan fingerprint density at radius 2 is 1.58 bits per heavy atom. The SMILES string of the molecule is CC(C)(N)c1ccc(Cl)cc1.Cl. The Hall–Kier alpha value is -0.240. The lowest BCUT2D eigenvalue weighted by atomic mass is 9.96. The monoisotopic (exact) mass is 205 g/mol. The molecule has 0 aliphatic heterocycles. The van der Waals surface area contributed by atoms with Crippen LogP contribution in [0.2, 0.25) is 5.02 Å². The van der Waals surface area contributed by atoms with Gasteiger partial charge in [-0.25, -0.2) is 0 Å². The topological polar surface area (TPSA) is 26.0 Å². The summed E-state index contributed by atoms with van der Waals surface area (Å²) >= 11 is 5.72. The first-order valence-corrected chi connectivity index (χ1v) is 3.93. The van der Waals surface area contributed by atoms with Crippen molar-refractivity contribution in [3.63, 3.8) is 0 Å². The predicted octanol–water partition coefficient (Wildman–Crippen LogP) is 2.96. The summed E-state index contributed by atoms with van der Waals surface area (Å²) in [5, 5.41) is 0.748. The second kappa shape index (κ2) is 4.13. The molecule has 0 fully saturated rings. The maximum atomic E-state index is 5.86. The van der Waals surface area contributed by atoms with Crippen molar-refractivity contribution in [3.8, 4) is 0 Å². The minimum absolute atomic E-state index is 0. The fraction of sp³-hybridized carbons (Fsp3) is 0.333. The van der Waals surface area contributed by atoms with Crippen LogP contribution >= 0.6 is 24.0 Å². The minimum atomic E-state index is -0.273. The maximum absolute atomic E-state index is 5.86. The van der Waals surface area contributed by atoms with Crippen LogP contribution in [0.1, 0.15) is 19.4 Å².